The van der Waals surface area contributed by atoms with E-state index in [4.69, 9.17) is 9.84 Å². The van der Waals surface area contributed by atoms with Gasteiger partial charge in [0.15, 0.2) is 0 Å². The van der Waals surface area contributed by atoms with Gasteiger partial charge >= 0.3 is 5.97 Å². The molecule has 1 aromatic heterocycles. The number of fused-ring (bicyclic) bond motifs is 1. The minimum absolute atomic E-state index is 0.00461. The number of amides is 1. The number of unbranched alkanes of at least 4 members (excludes halogenated alkanes) is 2. The van der Waals surface area contributed by atoms with Crippen LogP contribution in [0.1, 0.15) is 32.1 Å². The zero-order valence-corrected chi connectivity index (χ0v) is 14.0. The summed E-state index contributed by atoms with van der Waals surface area (Å²) >= 11 is 0. The SMILES string of the molecule is COc1cccc2ccn(CCC(=O)NCCCCCC(=O)O)c12. The van der Waals surface area contributed by atoms with Gasteiger partial charge in [-0.3, -0.25) is 9.59 Å². The fourth-order valence-electron chi connectivity index (χ4n) is 2.69. The lowest BCUT2D eigenvalue weighted by molar-refractivity contribution is -0.137. The minimum Gasteiger partial charge on any atom is -0.495 e. The first kappa shape index (κ1) is 17.8. The number of aromatic nitrogens is 1. The molecule has 0 aliphatic carbocycles. The lowest BCUT2D eigenvalue weighted by Crippen LogP contribution is -2.25. The molecule has 1 amide bonds. The second kappa shape index (κ2) is 8.96. The molecule has 0 radical (unpaired) electrons. The third-order valence-electron chi connectivity index (χ3n) is 3.94. The van der Waals surface area contributed by atoms with Crippen LogP contribution in [0.15, 0.2) is 30.5 Å². The van der Waals surface area contributed by atoms with Crippen molar-refractivity contribution in [2.75, 3.05) is 13.7 Å². The third kappa shape index (κ3) is 5.01. The Balaban J connectivity index is 1.75. The predicted octanol–water partition coefficient (Wildman–Crippen LogP) is 2.80. The van der Waals surface area contributed by atoms with Crippen LogP contribution in [0, 0.1) is 0 Å². The number of carboxylic acids is 1. The molecule has 0 saturated carbocycles. The van der Waals surface area contributed by atoms with E-state index >= 15 is 0 Å². The summed E-state index contributed by atoms with van der Waals surface area (Å²) in [5.74, 6) is 0.0368. The molecule has 0 aliphatic heterocycles. The Morgan fingerprint density at radius 3 is 2.75 bits per heavy atom. The molecule has 0 atom stereocenters. The standard InChI is InChI=1S/C18H24N2O4/c1-24-15-7-5-6-14-9-12-20(18(14)15)13-10-16(21)19-11-4-2-3-8-17(22)23/h5-7,9,12H,2-4,8,10-11,13H2,1H3,(H,19,21)(H,22,23). The number of hydrogen-bond donors (Lipinski definition) is 2. The zero-order chi connectivity index (χ0) is 17.4. The number of ether oxygens (including phenoxy) is 1. The maximum absolute atomic E-state index is 11.9. The van der Waals surface area contributed by atoms with Gasteiger partial charge in [0.1, 0.15) is 5.75 Å². The van der Waals surface area contributed by atoms with E-state index in [-0.39, 0.29) is 12.3 Å². The number of nitrogens with one attached hydrogen (secondary N) is 1. The van der Waals surface area contributed by atoms with Crippen LogP contribution < -0.4 is 10.1 Å². The molecule has 0 fully saturated rings. The fraction of sp³-hybridized carbons (Fsp3) is 0.444. The van der Waals surface area contributed by atoms with Gasteiger partial charge < -0.3 is 19.7 Å². The first-order valence-corrected chi connectivity index (χ1v) is 8.22. The van der Waals surface area contributed by atoms with Crippen molar-refractivity contribution in [2.24, 2.45) is 0 Å². The molecule has 1 aromatic carbocycles. The van der Waals surface area contributed by atoms with Crippen LogP contribution in [0.4, 0.5) is 0 Å². The molecule has 0 aliphatic rings. The summed E-state index contributed by atoms with van der Waals surface area (Å²) in [5, 5.41) is 12.5. The summed E-state index contributed by atoms with van der Waals surface area (Å²) in [6, 6.07) is 7.89. The molecule has 2 N–H and O–H groups in total. The molecule has 0 bridgehead atoms. The second-order valence-electron chi connectivity index (χ2n) is 5.71. The van der Waals surface area contributed by atoms with Crippen molar-refractivity contribution in [3.63, 3.8) is 0 Å². The van der Waals surface area contributed by atoms with Crippen LogP contribution in [0.3, 0.4) is 0 Å². The molecule has 1 heterocycles. The predicted molar refractivity (Wildman–Crippen MR) is 92.2 cm³/mol. The van der Waals surface area contributed by atoms with Gasteiger partial charge in [0.05, 0.1) is 12.6 Å². The van der Waals surface area contributed by atoms with Crippen LogP contribution in [0.2, 0.25) is 0 Å². The fourth-order valence-corrected chi connectivity index (χ4v) is 2.69. The van der Waals surface area contributed by atoms with Crippen molar-refractivity contribution < 1.29 is 19.4 Å². The topological polar surface area (TPSA) is 80.6 Å². The van der Waals surface area contributed by atoms with Crippen molar-refractivity contribution in [2.45, 2.75) is 38.6 Å². The molecule has 2 rings (SSSR count). The quantitative estimate of drug-likeness (QED) is 0.656. The average Bonchev–Trinajstić information content (AvgIpc) is 2.99. The van der Waals surface area contributed by atoms with Gasteiger partial charge in [-0.2, -0.15) is 0 Å². The highest BCUT2D eigenvalue weighted by Crippen LogP contribution is 2.26. The molecule has 0 unspecified atom stereocenters. The van der Waals surface area contributed by atoms with Crippen LogP contribution in [0.25, 0.3) is 10.9 Å². The number of aryl methyl sites for hydroxylation is 1. The van der Waals surface area contributed by atoms with Gasteiger partial charge in [0, 0.05) is 37.5 Å². The van der Waals surface area contributed by atoms with Crippen LogP contribution in [-0.2, 0) is 16.1 Å². The van der Waals surface area contributed by atoms with Crippen molar-refractivity contribution >= 4 is 22.8 Å². The smallest absolute Gasteiger partial charge is 0.303 e. The highest BCUT2D eigenvalue weighted by Gasteiger charge is 2.08. The molecule has 130 valence electrons. The summed E-state index contributed by atoms with van der Waals surface area (Å²) < 4.78 is 7.42. The minimum atomic E-state index is -0.770. The van der Waals surface area contributed by atoms with E-state index in [1.165, 1.54) is 0 Å². The lowest BCUT2D eigenvalue weighted by atomic mass is 10.2. The van der Waals surface area contributed by atoms with E-state index < -0.39 is 5.97 Å². The average molecular weight is 332 g/mol. The molecule has 6 heteroatoms. The Hall–Kier alpha value is -2.50. The summed E-state index contributed by atoms with van der Waals surface area (Å²) in [6.07, 6.45) is 4.82. The van der Waals surface area contributed by atoms with Gasteiger partial charge in [0.2, 0.25) is 5.91 Å². The monoisotopic (exact) mass is 332 g/mol. The van der Waals surface area contributed by atoms with E-state index in [0.29, 0.717) is 25.9 Å². The number of carboxylic acid groups (broad SMARTS) is 1. The van der Waals surface area contributed by atoms with Crippen molar-refractivity contribution in [1.82, 2.24) is 9.88 Å². The summed E-state index contributed by atoms with van der Waals surface area (Å²) in [7, 11) is 1.64. The maximum Gasteiger partial charge on any atom is 0.303 e. The van der Waals surface area contributed by atoms with E-state index in [1.54, 1.807) is 7.11 Å². The van der Waals surface area contributed by atoms with E-state index in [1.807, 2.05) is 35.0 Å². The first-order chi connectivity index (χ1) is 11.6. The molecular weight excluding hydrogens is 308 g/mol. The number of para-hydroxylation sites is 1. The summed E-state index contributed by atoms with van der Waals surface area (Å²) in [4.78, 5) is 22.3. The van der Waals surface area contributed by atoms with Crippen LogP contribution in [0.5, 0.6) is 5.75 Å². The van der Waals surface area contributed by atoms with E-state index in [2.05, 4.69) is 5.32 Å². The highest BCUT2D eigenvalue weighted by molar-refractivity contribution is 5.86. The van der Waals surface area contributed by atoms with Gasteiger partial charge in [-0.25, -0.2) is 0 Å². The number of carbonyl (C=O) groups is 2. The Kier molecular flexibility index (Phi) is 6.66. The first-order valence-electron chi connectivity index (χ1n) is 8.22. The van der Waals surface area contributed by atoms with Gasteiger partial charge in [-0.15, -0.1) is 0 Å². The number of carbonyl (C=O) groups excluding carboxylic acids is 1. The molecule has 0 spiro atoms. The molecule has 2 aromatic rings. The Labute approximate surface area is 141 Å². The largest absolute Gasteiger partial charge is 0.495 e. The number of hydrogen-bond acceptors (Lipinski definition) is 3. The van der Waals surface area contributed by atoms with E-state index in [0.717, 1.165) is 29.5 Å². The number of rotatable bonds is 10. The third-order valence-corrected chi connectivity index (χ3v) is 3.94. The van der Waals surface area contributed by atoms with Crippen LogP contribution >= 0.6 is 0 Å². The van der Waals surface area contributed by atoms with Crippen molar-refractivity contribution in [3.8, 4) is 5.75 Å². The number of methoxy groups -OCH3 is 1. The lowest BCUT2D eigenvalue weighted by Gasteiger charge is -2.09. The Morgan fingerprint density at radius 1 is 1.17 bits per heavy atom. The number of nitrogens with zero attached hydrogens (tertiary/aromatic N) is 1. The zero-order valence-electron chi connectivity index (χ0n) is 14.0. The van der Waals surface area contributed by atoms with Crippen molar-refractivity contribution in [1.29, 1.82) is 0 Å². The highest BCUT2D eigenvalue weighted by atomic mass is 16.5. The normalized spacial score (nSPS) is 10.7. The summed E-state index contributed by atoms with van der Waals surface area (Å²) in [5.41, 5.74) is 1.00. The molecular formula is C18H24N2O4. The van der Waals surface area contributed by atoms with Crippen molar-refractivity contribution in [3.05, 3.63) is 30.5 Å². The summed E-state index contributed by atoms with van der Waals surface area (Å²) in [6.45, 7) is 1.18. The Morgan fingerprint density at radius 2 is 2.00 bits per heavy atom. The number of aliphatic carboxylic acids is 1. The van der Waals surface area contributed by atoms with Gasteiger partial charge in [-0.05, 0) is 25.0 Å². The van der Waals surface area contributed by atoms with Gasteiger partial charge in [-0.1, -0.05) is 18.6 Å². The maximum atomic E-state index is 11.9. The molecule has 0 saturated heterocycles. The number of benzene rings is 1. The van der Waals surface area contributed by atoms with Gasteiger partial charge in [0.25, 0.3) is 0 Å². The second-order valence-corrected chi connectivity index (χ2v) is 5.71. The Bertz CT molecular complexity index is 693. The molecule has 6 nitrogen and oxygen atoms in total. The molecule has 24 heavy (non-hydrogen) atoms. The van der Waals surface area contributed by atoms with Crippen LogP contribution in [-0.4, -0.2) is 35.2 Å². The van der Waals surface area contributed by atoms with E-state index in [9.17, 15) is 9.59 Å².